The minimum atomic E-state index is 0.198. The lowest BCUT2D eigenvalue weighted by molar-refractivity contribution is -0.161. The van der Waals surface area contributed by atoms with Gasteiger partial charge in [0.1, 0.15) is 0 Å². The van der Waals surface area contributed by atoms with Gasteiger partial charge in [-0.3, -0.25) is 0 Å². The van der Waals surface area contributed by atoms with Gasteiger partial charge < -0.3 is 14.8 Å². The predicted molar refractivity (Wildman–Crippen MR) is 62.1 cm³/mol. The van der Waals surface area contributed by atoms with E-state index in [-0.39, 0.29) is 11.5 Å². The zero-order chi connectivity index (χ0) is 11.5. The fourth-order valence-corrected chi connectivity index (χ4v) is 2.50. The Morgan fingerprint density at radius 2 is 2.20 bits per heavy atom. The van der Waals surface area contributed by atoms with E-state index in [2.05, 4.69) is 26.1 Å². The Balaban J connectivity index is 2.44. The van der Waals surface area contributed by atoms with Crippen LogP contribution in [0.5, 0.6) is 0 Å². The van der Waals surface area contributed by atoms with Gasteiger partial charge in [0.2, 0.25) is 0 Å². The van der Waals surface area contributed by atoms with Crippen LogP contribution in [0, 0.1) is 5.41 Å². The molecule has 0 aromatic rings. The molecule has 0 radical (unpaired) electrons. The molecule has 1 saturated carbocycles. The van der Waals surface area contributed by atoms with Gasteiger partial charge in [-0.1, -0.05) is 13.8 Å². The minimum absolute atomic E-state index is 0.198. The van der Waals surface area contributed by atoms with E-state index in [1.54, 1.807) is 7.11 Å². The highest BCUT2D eigenvalue weighted by Gasteiger charge is 2.50. The molecule has 1 aliphatic rings. The molecular formula is C12H25NO2. The molecule has 4 atom stereocenters. The van der Waals surface area contributed by atoms with Crippen LogP contribution >= 0.6 is 0 Å². The first kappa shape index (κ1) is 12.9. The van der Waals surface area contributed by atoms with Gasteiger partial charge in [-0.05, 0) is 26.8 Å². The fraction of sp³-hybridized carbons (Fsp3) is 1.00. The SMILES string of the molecule is CCC1(C)C(NC)CC1OC(C)COC. The Kier molecular flexibility index (Phi) is 4.56. The third-order valence-corrected chi connectivity index (χ3v) is 3.89. The average molecular weight is 215 g/mol. The number of ether oxygens (including phenoxy) is 2. The fourth-order valence-electron chi connectivity index (χ4n) is 2.50. The highest BCUT2D eigenvalue weighted by atomic mass is 16.5. The molecule has 0 bridgehead atoms. The number of rotatable bonds is 6. The summed E-state index contributed by atoms with van der Waals surface area (Å²) < 4.78 is 11.1. The molecule has 3 nitrogen and oxygen atoms in total. The zero-order valence-electron chi connectivity index (χ0n) is 10.7. The van der Waals surface area contributed by atoms with Crippen molar-refractivity contribution in [1.82, 2.24) is 5.32 Å². The summed E-state index contributed by atoms with van der Waals surface area (Å²) in [5.74, 6) is 0. The number of hydrogen-bond donors (Lipinski definition) is 1. The van der Waals surface area contributed by atoms with Crippen molar-refractivity contribution in [3.63, 3.8) is 0 Å². The minimum Gasteiger partial charge on any atom is -0.382 e. The molecule has 0 amide bonds. The summed E-state index contributed by atoms with van der Waals surface area (Å²) in [4.78, 5) is 0. The van der Waals surface area contributed by atoms with Gasteiger partial charge in [0.25, 0.3) is 0 Å². The maximum Gasteiger partial charge on any atom is 0.0784 e. The maximum atomic E-state index is 6.00. The third-order valence-electron chi connectivity index (χ3n) is 3.89. The van der Waals surface area contributed by atoms with Gasteiger partial charge >= 0.3 is 0 Å². The van der Waals surface area contributed by atoms with Crippen molar-refractivity contribution in [3.05, 3.63) is 0 Å². The number of nitrogens with one attached hydrogen (secondary N) is 1. The first-order chi connectivity index (χ1) is 7.08. The zero-order valence-corrected chi connectivity index (χ0v) is 10.7. The summed E-state index contributed by atoms with van der Waals surface area (Å²) in [5.41, 5.74) is 0.288. The average Bonchev–Trinajstić information content (AvgIpc) is 2.22. The van der Waals surface area contributed by atoms with Crippen molar-refractivity contribution in [1.29, 1.82) is 0 Å². The molecule has 1 aliphatic carbocycles. The second-order valence-electron chi connectivity index (χ2n) is 4.83. The predicted octanol–water partition coefficient (Wildman–Crippen LogP) is 1.81. The van der Waals surface area contributed by atoms with Crippen LogP contribution < -0.4 is 5.32 Å². The lowest BCUT2D eigenvalue weighted by Gasteiger charge is -2.54. The molecule has 0 saturated heterocycles. The normalized spacial score (nSPS) is 37.4. The maximum absolute atomic E-state index is 6.00. The Morgan fingerprint density at radius 3 is 2.67 bits per heavy atom. The highest BCUT2D eigenvalue weighted by Crippen LogP contribution is 2.46. The molecule has 90 valence electrons. The van der Waals surface area contributed by atoms with Crippen molar-refractivity contribution in [2.75, 3.05) is 20.8 Å². The van der Waals surface area contributed by atoms with Gasteiger partial charge in [-0.15, -0.1) is 0 Å². The molecule has 0 heterocycles. The molecule has 15 heavy (non-hydrogen) atoms. The summed E-state index contributed by atoms with van der Waals surface area (Å²) in [6.45, 7) is 7.30. The van der Waals surface area contributed by atoms with Crippen LogP contribution in [-0.2, 0) is 9.47 Å². The van der Waals surface area contributed by atoms with Crippen LogP contribution in [0.15, 0.2) is 0 Å². The van der Waals surface area contributed by atoms with E-state index in [1.807, 2.05) is 7.05 Å². The van der Waals surface area contributed by atoms with E-state index in [4.69, 9.17) is 9.47 Å². The monoisotopic (exact) mass is 215 g/mol. The van der Waals surface area contributed by atoms with Gasteiger partial charge in [-0.2, -0.15) is 0 Å². The molecule has 3 heteroatoms. The van der Waals surface area contributed by atoms with Crippen molar-refractivity contribution < 1.29 is 9.47 Å². The summed E-state index contributed by atoms with van der Waals surface area (Å²) in [7, 11) is 3.75. The summed E-state index contributed by atoms with van der Waals surface area (Å²) in [5, 5.41) is 3.37. The van der Waals surface area contributed by atoms with Crippen LogP contribution in [0.1, 0.15) is 33.6 Å². The number of hydrogen-bond acceptors (Lipinski definition) is 3. The van der Waals surface area contributed by atoms with Crippen molar-refractivity contribution in [2.24, 2.45) is 5.41 Å². The van der Waals surface area contributed by atoms with Crippen molar-refractivity contribution in [2.45, 2.75) is 51.9 Å². The Bertz CT molecular complexity index is 198. The van der Waals surface area contributed by atoms with Crippen molar-refractivity contribution in [3.8, 4) is 0 Å². The van der Waals surface area contributed by atoms with Crippen LogP contribution in [0.4, 0.5) is 0 Å². The summed E-state index contributed by atoms with van der Waals surface area (Å²) in [6.07, 6.45) is 2.85. The molecule has 0 aliphatic heterocycles. The van der Waals surface area contributed by atoms with Gasteiger partial charge in [0.15, 0.2) is 0 Å². The highest BCUT2D eigenvalue weighted by molar-refractivity contribution is 5.04. The Hall–Kier alpha value is -0.120. The third kappa shape index (κ3) is 2.52. The van der Waals surface area contributed by atoms with Gasteiger partial charge in [0.05, 0.1) is 18.8 Å². The first-order valence-corrected chi connectivity index (χ1v) is 5.90. The van der Waals surface area contributed by atoms with Gasteiger partial charge in [-0.25, -0.2) is 0 Å². The lowest BCUT2D eigenvalue weighted by atomic mass is 9.61. The largest absolute Gasteiger partial charge is 0.382 e. The molecule has 0 aromatic carbocycles. The molecule has 1 N–H and O–H groups in total. The molecule has 1 fully saturated rings. The van der Waals surface area contributed by atoms with E-state index < -0.39 is 0 Å². The summed E-state index contributed by atoms with van der Waals surface area (Å²) in [6, 6.07) is 0.599. The van der Waals surface area contributed by atoms with Crippen LogP contribution in [-0.4, -0.2) is 39.0 Å². The van der Waals surface area contributed by atoms with E-state index in [0.29, 0.717) is 18.8 Å². The summed E-state index contributed by atoms with van der Waals surface area (Å²) >= 11 is 0. The van der Waals surface area contributed by atoms with E-state index >= 15 is 0 Å². The van der Waals surface area contributed by atoms with E-state index in [1.165, 1.54) is 0 Å². The molecule has 4 unspecified atom stereocenters. The quantitative estimate of drug-likeness (QED) is 0.733. The van der Waals surface area contributed by atoms with E-state index in [0.717, 1.165) is 12.8 Å². The standard InChI is InChI=1S/C12H25NO2/c1-6-12(3)10(13-4)7-11(12)15-9(2)8-14-5/h9-11,13H,6-8H2,1-5H3. The Morgan fingerprint density at radius 1 is 1.53 bits per heavy atom. The molecule has 0 aromatic heterocycles. The topological polar surface area (TPSA) is 30.5 Å². The van der Waals surface area contributed by atoms with Crippen LogP contribution in [0.25, 0.3) is 0 Å². The van der Waals surface area contributed by atoms with Gasteiger partial charge in [0, 0.05) is 18.6 Å². The molecule has 0 spiro atoms. The second-order valence-corrected chi connectivity index (χ2v) is 4.83. The molecular weight excluding hydrogens is 190 g/mol. The number of methoxy groups -OCH3 is 1. The first-order valence-electron chi connectivity index (χ1n) is 5.90. The van der Waals surface area contributed by atoms with E-state index in [9.17, 15) is 0 Å². The second kappa shape index (κ2) is 5.28. The Labute approximate surface area is 93.5 Å². The van der Waals surface area contributed by atoms with Crippen LogP contribution in [0.2, 0.25) is 0 Å². The van der Waals surface area contributed by atoms with Crippen LogP contribution in [0.3, 0.4) is 0 Å². The smallest absolute Gasteiger partial charge is 0.0784 e. The van der Waals surface area contributed by atoms with Crippen molar-refractivity contribution >= 4 is 0 Å². The lowest BCUT2D eigenvalue weighted by Crippen LogP contribution is -2.62. The molecule has 1 rings (SSSR count).